The Morgan fingerprint density at radius 2 is 1.61 bits per heavy atom. The second-order valence-electron chi connectivity index (χ2n) is 5.17. The fraction of sp³-hybridized carbons (Fsp3) is 0.600. The first kappa shape index (κ1) is 13.5. The fourth-order valence-corrected chi connectivity index (χ4v) is 2.57. The first-order valence-corrected chi connectivity index (χ1v) is 6.93. The minimum atomic E-state index is -0.773. The fourth-order valence-electron chi connectivity index (χ4n) is 2.57. The van der Waals surface area contributed by atoms with E-state index in [1.165, 1.54) is 57.1 Å². The van der Waals surface area contributed by atoms with E-state index in [0.29, 0.717) is 12.6 Å². The lowest BCUT2D eigenvalue weighted by Gasteiger charge is -2.21. The smallest absolute Gasteiger partial charge is 0.159 e. The van der Waals surface area contributed by atoms with E-state index in [2.05, 4.69) is 5.32 Å². The summed E-state index contributed by atoms with van der Waals surface area (Å²) >= 11 is 0. The molecule has 0 saturated heterocycles. The molecule has 0 bridgehead atoms. The van der Waals surface area contributed by atoms with E-state index >= 15 is 0 Å². The number of nitrogens with one attached hydrogen (secondary N) is 1. The zero-order chi connectivity index (χ0) is 12.8. The SMILES string of the molecule is Fc1ccc(CNC2CCCCCCC2)cc1F. The first-order valence-electron chi connectivity index (χ1n) is 6.93. The Morgan fingerprint density at radius 1 is 0.944 bits per heavy atom. The van der Waals surface area contributed by atoms with Crippen molar-refractivity contribution >= 4 is 0 Å². The van der Waals surface area contributed by atoms with Crippen molar-refractivity contribution < 1.29 is 8.78 Å². The zero-order valence-corrected chi connectivity index (χ0v) is 10.7. The van der Waals surface area contributed by atoms with Gasteiger partial charge >= 0.3 is 0 Å². The molecule has 2 rings (SSSR count). The van der Waals surface area contributed by atoms with E-state index in [4.69, 9.17) is 0 Å². The summed E-state index contributed by atoms with van der Waals surface area (Å²) in [4.78, 5) is 0. The molecule has 1 aromatic carbocycles. The Morgan fingerprint density at radius 3 is 2.28 bits per heavy atom. The van der Waals surface area contributed by atoms with E-state index in [1.807, 2.05) is 0 Å². The summed E-state index contributed by atoms with van der Waals surface area (Å²) in [6.07, 6.45) is 8.95. The zero-order valence-electron chi connectivity index (χ0n) is 10.7. The Labute approximate surface area is 108 Å². The van der Waals surface area contributed by atoms with Crippen molar-refractivity contribution in [2.24, 2.45) is 0 Å². The van der Waals surface area contributed by atoms with Gasteiger partial charge in [-0.1, -0.05) is 38.2 Å². The number of hydrogen-bond donors (Lipinski definition) is 1. The molecule has 0 aromatic heterocycles. The van der Waals surface area contributed by atoms with Crippen molar-refractivity contribution in [2.45, 2.75) is 57.5 Å². The normalized spacial score (nSPS) is 18.3. The Balaban J connectivity index is 1.83. The van der Waals surface area contributed by atoms with E-state index in [1.54, 1.807) is 6.07 Å². The first-order chi connectivity index (χ1) is 8.75. The molecule has 1 aliphatic rings. The lowest BCUT2D eigenvalue weighted by atomic mass is 9.96. The van der Waals surface area contributed by atoms with Crippen molar-refractivity contribution in [2.75, 3.05) is 0 Å². The molecule has 0 aliphatic heterocycles. The van der Waals surface area contributed by atoms with Gasteiger partial charge in [-0.25, -0.2) is 8.78 Å². The minimum absolute atomic E-state index is 0.526. The molecule has 100 valence electrons. The van der Waals surface area contributed by atoms with Crippen molar-refractivity contribution in [1.82, 2.24) is 5.32 Å². The Hall–Kier alpha value is -0.960. The summed E-state index contributed by atoms with van der Waals surface area (Å²) in [6, 6.07) is 4.66. The molecule has 1 aliphatic carbocycles. The average molecular weight is 253 g/mol. The standard InChI is InChI=1S/C15H21F2N/c16-14-9-8-12(10-15(14)17)11-18-13-6-4-2-1-3-5-7-13/h8-10,13,18H,1-7,11H2. The lowest BCUT2D eigenvalue weighted by molar-refractivity contribution is 0.388. The van der Waals surface area contributed by atoms with E-state index in [-0.39, 0.29) is 0 Å². The molecule has 1 N–H and O–H groups in total. The summed E-state index contributed by atoms with van der Waals surface area (Å²) in [5.74, 6) is -1.53. The maximum absolute atomic E-state index is 13.1. The van der Waals surface area contributed by atoms with Crippen LogP contribution in [0, 0.1) is 11.6 Å². The maximum Gasteiger partial charge on any atom is 0.159 e. The van der Waals surface area contributed by atoms with Gasteiger partial charge in [0.15, 0.2) is 11.6 Å². The molecule has 0 radical (unpaired) electrons. The molecule has 0 spiro atoms. The minimum Gasteiger partial charge on any atom is -0.310 e. The molecular weight excluding hydrogens is 232 g/mol. The quantitative estimate of drug-likeness (QED) is 0.852. The highest BCUT2D eigenvalue weighted by molar-refractivity contribution is 5.17. The lowest BCUT2D eigenvalue weighted by Crippen LogP contribution is -2.29. The van der Waals surface area contributed by atoms with Gasteiger partial charge in [-0.2, -0.15) is 0 Å². The van der Waals surface area contributed by atoms with Crippen LogP contribution in [0.1, 0.15) is 50.5 Å². The van der Waals surface area contributed by atoms with Gasteiger partial charge in [0.25, 0.3) is 0 Å². The summed E-state index contributed by atoms with van der Waals surface area (Å²) in [5.41, 5.74) is 0.816. The summed E-state index contributed by atoms with van der Waals surface area (Å²) in [5, 5.41) is 3.46. The average Bonchev–Trinajstić information content (AvgIpc) is 2.32. The van der Waals surface area contributed by atoms with Gasteiger partial charge in [0.05, 0.1) is 0 Å². The predicted octanol–water partition coefficient (Wildman–Crippen LogP) is 4.17. The number of halogens is 2. The van der Waals surface area contributed by atoms with E-state index < -0.39 is 11.6 Å². The van der Waals surface area contributed by atoms with Gasteiger partial charge < -0.3 is 5.32 Å². The molecule has 0 unspecified atom stereocenters. The van der Waals surface area contributed by atoms with Crippen LogP contribution in [0.5, 0.6) is 0 Å². The van der Waals surface area contributed by atoms with Crippen LogP contribution in [0.2, 0.25) is 0 Å². The molecule has 3 heteroatoms. The summed E-state index contributed by atoms with van der Waals surface area (Å²) in [6.45, 7) is 0.627. The van der Waals surface area contributed by atoms with Gasteiger partial charge in [0.2, 0.25) is 0 Å². The molecule has 1 nitrogen and oxygen atoms in total. The van der Waals surface area contributed by atoms with Gasteiger partial charge in [0, 0.05) is 12.6 Å². The summed E-state index contributed by atoms with van der Waals surface area (Å²) in [7, 11) is 0. The maximum atomic E-state index is 13.1. The number of rotatable bonds is 3. The second-order valence-corrected chi connectivity index (χ2v) is 5.17. The summed E-state index contributed by atoms with van der Waals surface area (Å²) < 4.78 is 25.9. The third kappa shape index (κ3) is 4.05. The highest BCUT2D eigenvalue weighted by Gasteiger charge is 2.11. The number of hydrogen-bond acceptors (Lipinski definition) is 1. The van der Waals surface area contributed by atoms with Crippen molar-refractivity contribution in [1.29, 1.82) is 0 Å². The van der Waals surface area contributed by atoms with Crippen molar-refractivity contribution in [3.63, 3.8) is 0 Å². The number of benzene rings is 1. The molecule has 1 fully saturated rings. The van der Waals surface area contributed by atoms with Gasteiger partial charge in [0.1, 0.15) is 0 Å². The van der Waals surface area contributed by atoms with Crippen LogP contribution >= 0.6 is 0 Å². The monoisotopic (exact) mass is 253 g/mol. The van der Waals surface area contributed by atoms with Crippen molar-refractivity contribution in [3.05, 3.63) is 35.4 Å². The van der Waals surface area contributed by atoms with Crippen LogP contribution in [-0.4, -0.2) is 6.04 Å². The Bertz CT molecular complexity index is 371. The highest BCUT2D eigenvalue weighted by Crippen LogP contribution is 2.17. The van der Waals surface area contributed by atoms with Crippen LogP contribution in [0.25, 0.3) is 0 Å². The highest BCUT2D eigenvalue weighted by atomic mass is 19.2. The van der Waals surface area contributed by atoms with E-state index in [9.17, 15) is 8.78 Å². The Kier molecular flexibility index (Phi) is 5.12. The molecule has 0 heterocycles. The second kappa shape index (κ2) is 6.83. The molecular formula is C15H21F2N. The van der Waals surface area contributed by atoms with Crippen LogP contribution in [0.3, 0.4) is 0 Å². The topological polar surface area (TPSA) is 12.0 Å². The molecule has 0 amide bonds. The van der Waals surface area contributed by atoms with Crippen LogP contribution in [0.4, 0.5) is 8.78 Å². The predicted molar refractivity (Wildman–Crippen MR) is 69.3 cm³/mol. The molecule has 1 saturated carbocycles. The van der Waals surface area contributed by atoms with Crippen molar-refractivity contribution in [3.8, 4) is 0 Å². The third-order valence-electron chi connectivity index (χ3n) is 3.68. The van der Waals surface area contributed by atoms with Crippen LogP contribution < -0.4 is 5.32 Å². The molecule has 0 atom stereocenters. The van der Waals surface area contributed by atoms with E-state index in [0.717, 1.165) is 5.56 Å². The van der Waals surface area contributed by atoms with Gasteiger partial charge in [-0.05, 0) is 30.5 Å². The van der Waals surface area contributed by atoms with Gasteiger partial charge in [-0.3, -0.25) is 0 Å². The molecule has 1 aromatic rings. The van der Waals surface area contributed by atoms with Gasteiger partial charge in [-0.15, -0.1) is 0 Å². The van der Waals surface area contributed by atoms with Crippen LogP contribution in [0.15, 0.2) is 18.2 Å². The van der Waals surface area contributed by atoms with Crippen LogP contribution in [-0.2, 0) is 6.54 Å². The third-order valence-corrected chi connectivity index (χ3v) is 3.68. The molecule has 18 heavy (non-hydrogen) atoms. The largest absolute Gasteiger partial charge is 0.310 e.